The lowest BCUT2D eigenvalue weighted by molar-refractivity contribution is -0.134. The molecule has 0 radical (unpaired) electrons. The molecule has 1 aromatic heterocycles. The highest BCUT2D eigenvalue weighted by molar-refractivity contribution is 6.02. The predicted molar refractivity (Wildman–Crippen MR) is 148 cm³/mol. The molecular formula is C29H30F2N6O4. The van der Waals surface area contributed by atoms with Gasteiger partial charge in [0.15, 0.2) is 5.69 Å². The molecule has 214 valence electrons. The number of benzene rings is 2. The van der Waals surface area contributed by atoms with Crippen molar-refractivity contribution in [1.82, 2.24) is 15.1 Å². The molecule has 1 saturated heterocycles. The van der Waals surface area contributed by atoms with Crippen LogP contribution >= 0.6 is 0 Å². The van der Waals surface area contributed by atoms with Gasteiger partial charge in [-0.05, 0) is 42.7 Å². The molecule has 0 aliphatic carbocycles. The Balaban J connectivity index is 1.13. The summed E-state index contributed by atoms with van der Waals surface area (Å²) in [6.07, 6.45) is -0.554. The summed E-state index contributed by atoms with van der Waals surface area (Å²) in [5.74, 6) is 5.61. The molecule has 4 N–H and O–H groups in total. The first-order valence-corrected chi connectivity index (χ1v) is 13.2. The van der Waals surface area contributed by atoms with Crippen molar-refractivity contribution in [3.63, 3.8) is 0 Å². The van der Waals surface area contributed by atoms with Crippen molar-refractivity contribution in [2.24, 2.45) is 0 Å². The Morgan fingerprint density at radius 3 is 2.71 bits per heavy atom. The fourth-order valence-corrected chi connectivity index (χ4v) is 4.97. The third-order valence-electron chi connectivity index (χ3n) is 7.05. The molecule has 0 spiro atoms. The predicted octanol–water partition coefficient (Wildman–Crippen LogP) is 3.08. The van der Waals surface area contributed by atoms with Gasteiger partial charge in [-0.3, -0.25) is 14.9 Å². The molecule has 10 nitrogen and oxygen atoms in total. The van der Waals surface area contributed by atoms with Crippen molar-refractivity contribution >= 4 is 28.9 Å². The van der Waals surface area contributed by atoms with Gasteiger partial charge in [-0.1, -0.05) is 30.0 Å². The summed E-state index contributed by atoms with van der Waals surface area (Å²) in [4.78, 5) is 27.3. The van der Waals surface area contributed by atoms with Gasteiger partial charge in [0.05, 0.1) is 41.1 Å². The van der Waals surface area contributed by atoms with Crippen LogP contribution in [0.25, 0.3) is 5.69 Å². The van der Waals surface area contributed by atoms with Gasteiger partial charge in [0.1, 0.15) is 6.04 Å². The normalized spacial score (nSPS) is 18.4. The maximum atomic E-state index is 12.9. The number of ether oxygens (including phenoxy) is 1. The number of nitrogens with zero attached hydrogens (tertiary/aromatic N) is 4. The van der Waals surface area contributed by atoms with Crippen molar-refractivity contribution in [2.45, 2.75) is 51.1 Å². The van der Waals surface area contributed by atoms with E-state index in [0.29, 0.717) is 43.9 Å². The van der Waals surface area contributed by atoms with Crippen molar-refractivity contribution in [1.29, 1.82) is 0 Å². The number of hydrogen-bond donors (Lipinski definition) is 3. The van der Waals surface area contributed by atoms with Gasteiger partial charge in [0.25, 0.3) is 6.43 Å². The largest absolute Gasteiger partial charge is 0.396 e. The average Bonchev–Trinajstić information content (AvgIpc) is 3.46. The fourth-order valence-electron chi connectivity index (χ4n) is 4.97. The second kappa shape index (κ2) is 12.0. The number of piperidine rings is 1. The van der Waals surface area contributed by atoms with E-state index in [2.05, 4.69) is 22.3 Å². The lowest BCUT2D eigenvalue weighted by Gasteiger charge is -2.34. The zero-order valence-corrected chi connectivity index (χ0v) is 22.4. The maximum Gasteiger partial charge on any atom is 0.284 e. The second-order valence-corrected chi connectivity index (χ2v) is 9.84. The summed E-state index contributed by atoms with van der Waals surface area (Å²) in [6.45, 7) is 0.890. The van der Waals surface area contributed by atoms with Gasteiger partial charge in [-0.15, -0.1) is 0 Å². The summed E-state index contributed by atoms with van der Waals surface area (Å²) in [5.41, 5.74) is 8.83. The van der Waals surface area contributed by atoms with Crippen LogP contribution in [-0.2, 0) is 20.9 Å². The van der Waals surface area contributed by atoms with Crippen LogP contribution in [0.5, 0.6) is 0 Å². The number of para-hydroxylation sites is 1. The number of carbonyl (C=O) groups excluding carboxylic acids is 2. The zero-order valence-electron chi connectivity index (χ0n) is 22.4. The SMILES string of the molecule is CN1c2c(C#CCCCOCc3ccc(-n4cc(N)c(C(F)F)n4)cc3)cccc2N(C2CCC(=O)NC2=O)C1O. The molecule has 2 aromatic carbocycles. The van der Waals surface area contributed by atoms with E-state index in [1.165, 1.54) is 10.9 Å². The van der Waals surface area contributed by atoms with Crippen molar-refractivity contribution in [3.8, 4) is 17.5 Å². The number of aromatic nitrogens is 2. The Morgan fingerprint density at radius 2 is 2.00 bits per heavy atom. The van der Waals surface area contributed by atoms with Crippen LogP contribution < -0.4 is 20.9 Å². The molecule has 2 atom stereocenters. The number of aliphatic hydroxyl groups is 1. The molecule has 12 heteroatoms. The summed E-state index contributed by atoms with van der Waals surface area (Å²) < 4.78 is 32.9. The Kier molecular flexibility index (Phi) is 8.19. The number of aliphatic hydroxyl groups excluding tert-OH is 1. The number of nitrogens with one attached hydrogen (secondary N) is 1. The Bertz CT molecular complexity index is 1500. The number of hydrogen-bond acceptors (Lipinski definition) is 8. The van der Waals surface area contributed by atoms with Crippen LogP contribution in [0, 0.1) is 11.8 Å². The quantitative estimate of drug-likeness (QED) is 0.217. The minimum Gasteiger partial charge on any atom is -0.396 e. The number of rotatable bonds is 8. The average molecular weight is 565 g/mol. The molecule has 5 rings (SSSR count). The maximum absolute atomic E-state index is 12.9. The standard InChI is InChI=1S/C29H30F2N6O4/c1-35-26-19(7-5-8-22(26)37(29(35)40)23-13-14-24(38)33-28(23)39)6-3-2-4-15-41-17-18-9-11-20(12-10-18)36-16-21(32)25(34-36)27(30)31/h5,7-12,16,23,27,29,40H,2,4,13-15,17,32H2,1H3,(H,33,38,39). The van der Waals surface area contributed by atoms with E-state index in [1.54, 1.807) is 29.0 Å². The monoisotopic (exact) mass is 564 g/mol. The molecule has 2 amide bonds. The molecule has 3 heterocycles. The van der Waals surface area contributed by atoms with Crippen LogP contribution in [-0.4, -0.2) is 52.7 Å². The molecule has 0 bridgehead atoms. The Labute approximate surface area is 235 Å². The minimum absolute atomic E-state index is 0.0500. The van der Waals surface area contributed by atoms with E-state index in [9.17, 15) is 23.5 Å². The highest BCUT2D eigenvalue weighted by Gasteiger charge is 2.42. The van der Waals surface area contributed by atoms with Gasteiger partial charge in [-0.25, -0.2) is 13.5 Å². The zero-order chi connectivity index (χ0) is 29.1. The number of imide groups is 1. The number of alkyl halides is 2. The summed E-state index contributed by atoms with van der Waals surface area (Å²) in [5, 5.41) is 17.1. The number of anilines is 3. The molecule has 41 heavy (non-hydrogen) atoms. The van der Waals surface area contributed by atoms with Crippen molar-refractivity contribution in [2.75, 3.05) is 29.2 Å². The smallest absolute Gasteiger partial charge is 0.284 e. The van der Waals surface area contributed by atoms with Crippen molar-refractivity contribution in [3.05, 3.63) is 65.5 Å². The van der Waals surface area contributed by atoms with Crippen LogP contribution in [0.3, 0.4) is 0 Å². The van der Waals surface area contributed by atoms with Gasteiger partial charge in [0.2, 0.25) is 18.2 Å². The molecule has 2 aliphatic heterocycles. The fraction of sp³-hybridized carbons (Fsp3) is 0.345. The van der Waals surface area contributed by atoms with Gasteiger partial charge >= 0.3 is 0 Å². The van der Waals surface area contributed by atoms with E-state index in [-0.39, 0.29) is 18.0 Å². The third-order valence-corrected chi connectivity index (χ3v) is 7.05. The Hall–Kier alpha value is -4.47. The van der Waals surface area contributed by atoms with Crippen molar-refractivity contribution < 1.29 is 28.2 Å². The summed E-state index contributed by atoms with van der Waals surface area (Å²) >= 11 is 0. The molecule has 2 unspecified atom stereocenters. The van der Waals surface area contributed by atoms with Gasteiger partial charge in [0, 0.05) is 26.5 Å². The molecule has 2 aliphatic rings. The number of amides is 2. The van der Waals surface area contributed by atoms with Crippen LogP contribution in [0.1, 0.15) is 48.9 Å². The van der Waals surface area contributed by atoms with Crippen LogP contribution in [0.15, 0.2) is 48.7 Å². The lowest BCUT2D eigenvalue weighted by atomic mass is 10.0. The first kappa shape index (κ1) is 28.1. The number of unbranched alkanes of at least 4 members (excludes halogenated alkanes) is 1. The lowest BCUT2D eigenvalue weighted by Crippen LogP contribution is -2.56. The number of nitrogen functional groups attached to an aromatic ring is 1. The molecule has 1 fully saturated rings. The number of fused-ring (bicyclic) bond motifs is 1. The van der Waals surface area contributed by atoms with Gasteiger partial charge in [-0.2, -0.15) is 5.10 Å². The molecule has 3 aromatic rings. The molecular weight excluding hydrogens is 534 g/mol. The van der Waals surface area contributed by atoms with Gasteiger partial charge < -0.3 is 25.4 Å². The second-order valence-electron chi connectivity index (χ2n) is 9.84. The molecule has 0 saturated carbocycles. The van der Waals surface area contributed by atoms with E-state index in [1.807, 2.05) is 30.3 Å². The summed E-state index contributed by atoms with van der Waals surface area (Å²) in [6, 6.07) is 12.1. The number of nitrogens with two attached hydrogens (primary N) is 1. The van der Waals surface area contributed by atoms with Crippen LogP contribution in [0.2, 0.25) is 0 Å². The topological polar surface area (TPSA) is 126 Å². The highest BCUT2D eigenvalue weighted by atomic mass is 19.3. The minimum atomic E-state index is -2.73. The number of carbonyl (C=O) groups is 2. The highest BCUT2D eigenvalue weighted by Crippen LogP contribution is 2.42. The third kappa shape index (κ3) is 5.86. The van der Waals surface area contributed by atoms with E-state index < -0.39 is 30.4 Å². The van der Waals surface area contributed by atoms with E-state index in [4.69, 9.17) is 10.5 Å². The summed E-state index contributed by atoms with van der Waals surface area (Å²) in [7, 11) is 1.74. The Morgan fingerprint density at radius 1 is 1.22 bits per heavy atom. The number of halogens is 2. The first-order chi connectivity index (χ1) is 19.7. The van der Waals surface area contributed by atoms with Crippen LogP contribution in [0.4, 0.5) is 25.8 Å². The van der Waals surface area contributed by atoms with E-state index in [0.717, 1.165) is 16.8 Å². The van der Waals surface area contributed by atoms with E-state index >= 15 is 0 Å². The first-order valence-electron chi connectivity index (χ1n) is 13.2.